The van der Waals surface area contributed by atoms with Crippen LogP contribution in [0.3, 0.4) is 0 Å². The molecule has 0 aliphatic carbocycles. The second-order valence-corrected chi connectivity index (χ2v) is 6.16. The molecular formula is C20H19ClN2O3. The van der Waals surface area contributed by atoms with Crippen LogP contribution < -0.4 is 10.9 Å². The number of benzene rings is 2. The molecule has 0 spiro atoms. The zero-order chi connectivity index (χ0) is 18.5. The molecule has 5 nitrogen and oxygen atoms in total. The minimum absolute atomic E-state index is 0.0327. The lowest BCUT2D eigenvalue weighted by molar-refractivity contribution is 0.0525. The molecule has 0 aliphatic heterocycles. The summed E-state index contributed by atoms with van der Waals surface area (Å²) in [7, 11) is 0. The number of aromatic nitrogens is 1. The third-order valence-corrected chi connectivity index (χ3v) is 4.35. The minimum atomic E-state index is -0.655. The van der Waals surface area contributed by atoms with E-state index in [-0.39, 0.29) is 12.2 Å². The first-order chi connectivity index (χ1) is 12.6. The number of ether oxygens (including phenoxy) is 1. The first-order valence-corrected chi connectivity index (χ1v) is 8.79. The monoisotopic (exact) mass is 370 g/mol. The predicted molar refractivity (Wildman–Crippen MR) is 104 cm³/mol. The van der Waals surface area contributed by atoms with E-state index in [0.29, 0.717) is 28.2 Å². The minimum Gasteiger partial charge on any atom is -0.462 e. The lowest BCUT2D eigenvalue weighted by Crippen LogP contribution is -2.23. The van der Waals surface area contributed by atoms with Crippen molar-refractivity contribution in [2.75, 3.05) is 18.5 Å². The standard InChI is InChI=1S/C20H19ClN2O3/c1-2-26-20(25)16-18(22-12-11-13-7-4-3-5-8-13)14-9-6-10-15(21)17(14)23-19(16)24/h3-10H,2,11-12H2,1H3,(H2,22,23,24). The summed E-state index contributed by atoms with van der Waals surface area (Å²) in [5, 5.41) is 4.32. The molecule has 1 heterocycles. The molecule has 0 radical (unpaired) electrons. The van der Waals surface area contributed by atoms with Gasteiger partial charge in [-0.15, -0.1) is 0 Å². The summed E-state index contributed by atoms with van der Waals surface area (Å²) in [6, 6.07) is 15.2. The molecule has 0 unspecified atom stereocenters. The van der Waals surface area contributed by atoms with Crippen molar-refractivity contribution in [3.8, 4) is 0 Å². The molecule has 2 aromatic carbocycles. The van der Waals surface area contributed by atoms with Crippen molar-refractivity contribution in [2.24, 2.45) is 0 Å². The number of rotatable bonds is 6. The van der Waals surface area contributed by atoms with Gasteiger partial charge < -0.3 is 15.0 Å². The summed E-state index contributed by atoms with van der Waals surface area (Å²) < 4.78 is 5.06. The van der Waals surface area contributed by atoms with E-state index < -0.39 is 11.5 Å². The molecule has 2 N–H and O–H groups in total. The van der Waals surface area contributed by atoms with Gasteiger partial charge in [-0.3, -0.25) is 4.79 Å². The molecule has 134 valence electrons. The van der Waals surface area contributed by atoms with Crippen molar-refractivity contribution in [1.29, 1.82) is 0 Å². The van der Waals surface area contributed by atoms with Gasteiger partial charge >= 0.3 is 5.97 Å². The van der Waals surface area contributed by atoms with Crippen molar-refractivity contribution < 1.29 is 9.53 Å². The third-order valence-electron chi connectivity index (χ3n) is 4.04. The summed E-state index contributed by atoms with van der Waals surface area (Å²) in [5.41, 5.74) is 1.54. The molecule has 3 aromatic rings. The Hall–Kier alpha value is -2.79. The number of hydrogen-bond donors (Lipinski definition) is 2. The molecule has 0 amide bonds. The number of nitrogens with one attached hydrogen (secondary N) is 2. The fourth-order valence-electron chi connectivity index (χ4n) is 2.84. The third kappa shape index (κ3) is 3.73. The van der Waals surface area contributed by atoms with Crippen LogP contribution in [0, 0.1) is 0 Å². The summed E-state index contributed by atoms with van der Waals surface area (Å²) in [5.74, 6) is -0.655. The highest BCUT2D eigenvalue weighted by atomic mass is 35.5. The Morgan fingerprint density at radius 2 is 1.92 bits per heavy atom. The highest BCUT2D eigenvalue weighted by molar-refractivity contribution is 6.35. The normalized spacial score (nSPS) is 10.7. The Morgan fingerprint density at radius 3 is 2.65 bits per heavy atom. The first kappa shape index (κ1) is 18.0. The Labute approximate surface area is 156 Å². The van der Waals surface area contributed by atoms with Gasteiger partial charge in [0, 0.05) is 11.9 Å². The van der Waals surface area contributed by atoms with E-state index in [9.17, 15) is 9.59 Å². The van der Waals surface area contributed by atoms with Crippen molar-refractivity contribution in [3.05, 3.63) is 75.0 Å². The van der Waals surface area contributed by atoms with Crippen molar-refractivity contribution >= 4 is 34.2 Å². The van der Waals surface area contributed by atoms with Gasteiger partial charge in [0.25, 0.3) is 5.56 Å². The second-order valence-electron chi connectivity index (χ2n) is 5.75. The van der Waals surface area contributed by atoms with E-state index in [1.54, 1.807) is 19.1 Å². The van der Waals surface area contributed by atoms with Crippen LogP contribution in [0.15, 0.2) is 53.3 Å². The van der Waals surface area contributed by atoms with E-state index in [1.807, 2.05) is 36.4 Å². The molecule has 6 heteroatoms. The maximum Gasteiger partial charge on any atom is 0.345 e. The predicted octanol–water partition coefficient (Wildman–Crippen LogP) is 4.01. The molecule has 0 saturated heterocycles. The van der Waals surface area contributed by atoms with Gasteiger partial charge in [0.15, 0.2) is 0 Å². The van der Waals surface area contributed by atoms with Gasteiger partial charge in [-0.25, -0.2) is 4.79 Å². The largest absolute Gasteiger partial charge is 0.462 e. The van der Waals surface area contributed by atoms with Crippen LogP contribution in [-0.4, -0.2) is 24.1 Å². The highest BCUT2D eigenvalue weighted by Crippen LogP contribution is 2.28. The average molecular weight is 371 g/mol. The second kappa shape index (κ2) is 8.06. The van der Waals surface area contributed by atoms with E-state index in [4.69, 9.17) is 16.3 Å². The number of anilines is 1. The summed E-state index contributed by atoms with van der Waals surface area (Å²) in [6.07, 6.45) is 0.748. The first-order valence-electron chi connectivity index (χ1n) is 8.41. The van der Waals surface area contributed by atoms with Gasteiger partial charge in [0.2, 0.25) is 0 Å². The van der Waals surface area contributed by atoms with Crippen LogP contribution in [0.5, 0.6) is 0 Å². The van der Waals surface area contributed by atoms with Crippen LogP contribution in [0.2, 0.25) is 5.02 Å². The quantitative estimate of drug-likeness (QED) is 0.643. The number of carbonyl (C=O) groups is 1. The molecular weight excluding hydrogens is 352 g/mol. The topological polar surface area (TPSA) is 71.2 Å². The molecule has 26 heavy (non-hydrogen) atoms. The van der Waals surface area contributed by atoms with Crippen molar-refractivity contribution in [3.63, 3.8) is 0 Å². The summed E-state index contributed by atoms with van der Waals surface area (Å²) in [6.45, 7) is 2.45. The fraction of sp³-hybridized carbons (Fsp3) is 0.200. The number of para-hydroxylation sites is 1. The van der Waals surface area contributed by atoms with Crippen molar-refractivity contribution in [1.82, 2.24) is 4.98 Å². The Kier molecular flexibility index (Phi) is 5.58. The number of fused-ring (bicyclic) bond motifs is 1. The molecule has 0 bridgehead atoms. The summed E-state index contributed by atoms with van der Waals surface area (Å²) in [4.78, 5) is 27.5. The van der Waals surface area contributed by atoms with Crippen LogP contribution in [0.1, 0.15) is 22.8 Å². The molecule has 0 aliphatic rings. The maximum absolute atomic E-state index is 12.5. The van der Waals surface area contributed by atoms with Gasteiger partial charge in [-0.2, -0.15) is 0 Å². The van der Waals surface area contributed by atoms with E-state index in [0.717, 1.165) is 12.0 Å². The smallest absolute Gasteiger partial charge is 0.345 e. The van der Waals surface area contributed by atoms with Crippen LogP contribution >= 0.6 is 11.6 Å². The number of carbonyl (C=O) groups excluding carboxylic acids is 1. The Balaban J connectivity index is 2.01. The van der Waals surface area contributed by atoms with Gasteiger partial charge in [-0.05, 0) is 25.0 Å². The van der Waals surface area contributed by atoms with Crippen LogP contribution in [0.25, 0.3) is 10.9 Å². The van der Waals surface area contributed by atoms with Crippen molar-refractivity contribution in [2.45, 2.75) is 13.3 Å². The number of pyridine rings is 1. The molecule has 1 aromatic heterocycles. The lowest BCUT2D eigenvalue weighted by atomic mass is 10.1. The number of hydrogen-bond acceptors (Lipinski definition) is 4. The van der Waals surface area contributed by atoms with Gasteiger partial charge in [0.1, 0.15) is 5.56 Å². The number of aromatic amines is 1. The molecule has 0 fully saturated rings. The van der Waals surface area contributed by atoms with Gasteiger partial charge in [-0.1, -0.05) is 54.1 Å². The molecule has 0 saturated carbocycles. The number of halogens is 1. The Morgan fingerprint density at radius 1 is 1.15 bits per heavy atom. The molecule has 0 atom stereocenters. The Bertz CT molecular complexity index is 984. The zero-order valence-electron chi connectivity index (χ0n) is 14.3. The average Bonchev–Trinajstić information content (AvgIpc) is 2.63. The highest BCUT2D eigenvalue weighted by Gasteiger charge is 2.21. The molecule has 3 rings (SSSR count). The summed E-state index contributed by atoms with van der Waals surface area (Å²) >= 11 is 6.21. The maximum atomic E-state index is 12.5. The number of esters is 1. The SMILES string of the molecule is CCOC(=O)c1c(NCCc2ccccc2)c2cccc(Cl)c2[nH]c1=O. The van der Waals surface area contributed by atoms with E-state index in [1.165, 1.54) is 0 Å². The van der Waals surface area contributed by atoms with Gasteiger partial charge in [0.05, 0.1) is 22.8 Å². The van der Waals surface area contributed by atoms with E-state index >= 15 is 0 Å². The zero-order valence-corrected chi connectivity index (χ0v) is 15.1. The van der Waals surface area contributed by atoms with E-state index in [2.05, 4.69) is 10.3 Å². The lowest BCUT2D eigenvalue weighted by Gasteiger charge is -2.14. The van der Waals surface area contributed by atoms with Crippen LogP contribution in [0.4, 0.5) is 5.69 Å². The fourth-order valence-corrected chi connectivity index (χ4v) is 3.06. The number of H-pyrrole nitrogens is 1. The van der Waals surface area contributed by atoms with Crippen LogP contribution in [-0.2, 0) is 11.2 Å².